The molecule has 0 radical (unpaired) electrons. The van der Waals surface area contributed by atoms with Crippen molar-refractivity contribution < 1.29 is 22.4 Å². The monoisotopic (exact) mass is 497 g/mol. The van der Waals surface area contributed by atoms with Crippen LogP contribution in [0, 0.1) is 23.3 Å². The molecule has 36 heavy (non-hydrogen) atoms. The number of carbonyl (C=O) groups is 1. The Balaban J connectivity index is 1.56. The van der Waals surface area contributed by atoms with Gasteiger partial charge in [-0.1, -0.05) is 6.07 Å². The number of urea groups is 1. The summed E-state index contributed by atoms with van der Waals surface area (Å²) in [6.07, 6.45) is 4.54. The van der Waals surface area contributed by atoms with Crippen LogP contribution in [0.4, 0.5) is 39.5 Å². The van der Waals surface area contributed by atoms with Gasteiger partial charge in [0.05, 0.1) is 11.4 Å². The molecule has 184 valence electrons. The van der Waals surface area contributed by atoms with E-state index in [2.05, 4.69) is 15.6 Å². The normalized spacial score (nSPS) is 13.0. The second-order valence-electron chi connectivity index (χ2n) is 8.36. The van der Waals surface area contributed by atoms with Gasteiger partial charge >= 0.3 is 6.03 Å². The predicted octanol–water partition coefficient (Wildman–Crippen LogP) is 5.51. The highest BCUT2D eigenvalue weighted by molar-refractivity contribution is 6.00. The Labute approximate surface area is 201 Å². The largest absolute Gasteiger partial charge is 0.373 e. The predicted molar refractivity (Wildman–Crippen MR) is 128 cm³/mol. The molecular weight excluding hydrogens is 478 g/mol. The van der Waals surface area contributed by atoms with E-state index in [4.69, 9.17) is 0 Å². The fourth-order valence-corrected chi connectivity index (χ4v) is 4.03. The summed E-state index contributed by atoms with van der Waals surface area (Å²) in [6, 6.07) is 5.04. The number of amides is 2. The molecule has 0 saturated heterocycles. The van der Waals surface area contributed by atoms with Crippen molar-refractivity contribution in [1.29, 1.82) is 0 Å². The second-order valence-corrected chi connectivity index (χ2v) is 8.36. The number of hydrogen-bond acceptors (Lipinski definition) is 4. The van der Waals surface area contributed by atoms with Crippen LogP contribution in [-0.2, 0) is 0 Å². The topological polar surface area (TPSA) is 88.0 Å². The first-order valence-electron chi connectivity index (χ1n) is 11.0. The Bertz CT molecular complexity index is 1560. The molecule has 0 unspecified atom stereocenters. The van der Waals surface area contributed by atoms with Crippen molar-refractivity contribution in [2.75, 3.05) is 23.0 Å². The molecule has 2 aromatic carbocycles. The van der Waals surface area contributed by atoms with E-state index in [0.717, 1.165) is 41.7 Å². The highest BCUT2D eigenvalue weighted by Gasteiger charge is 2.30. The molecule has 4 aromatic rings. The maximum absolute atomic E-state index is 14.9. The number of rotatable bonds is 5. The van der Waals surface area contributed by atoms with E-state index in [1.54, 1.807) is 19.3 Å². The maximum atomic E-state index is 14.9. The molecule has 11 heteroatoms. The van der Waals surface area contributed by atoms with Gasteiger partial charge in [-0.3, -0.25) is 9.36 Å². The highest BCUT2D eigenvalue weighted by Crippen LogP contribution is 2.42. The molecule has 1 aliphatic rings. The Kier molecular flexibility index (Phi) is 5.83. The highest BCUT2D eigenvalue weighted by atomic mass is 19.1. The molecule has 7 nitrogen and oxygen atoms in total. The van der Waals surface area contributed by atoms with Crippen LogP contribution in [-0.4, -0.2) is 22.6 Å². The number of aromatic nitrogens is 2. The molecule has 2 aromatic heterocycles. The molecule has 0 spiro atoms. The van der Waals surface area contributed by atoms with E-state index in [1.807, 2.05) is 5.32 Å². The van der Waals surface area contributed by atoms with Crippen LogP contribution in [0.15, 0.2) is 53.6 Å². The number of carbonyl (C=O) groups excluding carboxylic acids is 1. The van der Waals surface area contributed by atoms with Crippen LogP contribution in [0.1, 0.15) is 24.3 Å². The van der Waals surface area contributed by atoms with E-state index >= 15 is 0 Å². The average molecular weight is 497 g/mol. The Morgan fingerprint density at radius 3 is 2.39 bits per heavy atom. The number of fused-ring (bicyclic) bond motifs is 1. The average Bonchev–Trinajstić information content (AvgIpc) is 3.68. The number of para-hydroxylation sites is 1. The van der Waals surface area contributed by atoms with Gasteiger partial charge in [-0.2, -0.15) is 0 Å². The molecule has 0 atom stereocenters. The zero-order valence-electron chi connectivity index (χ0n) is 18.8. The molecular formula is C25H19F4N5O2. The van der Waals surface area contributed by atoms with Crippen LogP contribution in [0.5, 0.6) is 0 Å². The van der Waals surface area contributed by atoms with Gasteiger partial charge in [-0.25, -0.2) is 27.3 Å². The van der Waals surface area contributed by atoms with Gasteiger partial charge in [0, 0.05) is 36.5 Å². The van der Waals surface area contributed by atoms with E-state index < -0.39 is 46.2 Å². The smallest absolute Gasteiger partial charge is 0.323 e. The number of benzene rings is 2. The van der Waals surface area contributed by atoms with Crippen LogP contribution >= 0.6 is 0 Å². The summed E-state index contributed by atoms with van der Waals surface area (Å²) in [5.74, 6) is -3.68. The fourth-order valence-electron chi connectivity index (χ4n) is 4.03. The van der Waals surface area contributed by atoms with E-state index in [-0.39, 0.29) is 11.6 Å². The zero-order chi connectivity index (χ0) is 25.6. The summed E-state index contributed by atoms with van der Waals surface area (Å²) < 4.78 is 58.2. The number of pyridine rings is 2. The van der Waals surface area contributed by atoms with Gasteiger partial charge in [-0.05, 0) is 48.4 Å². The van der Waals surface area contributed by atoms with E-state index in [0.29, 0.717) is 28.2 Å². The Hall–Kier alpha value is -4.41. The lowest BCUT2D eigenvalue weighted by Crippen LogP contribution is -2.24. The minimum absolute atomic E-state index is 0.00195. The van der Waals surface area contributed by atoms with Gasteiger partial charge in [0.2, 0.25) is 0 Å². The van der Waals surface area contributed by atoms with Crippen LogP contribution in [0.25, 0.3) is 16.5 Å². The van der Waals surface area contributed by atoms with Crippen molar-refractivity contribution in [3.05, 3.63) is 88.0 Å². The van der Waals surface area contributed by atoms with Gasteiger partial charge in [0.25, 0.3) is 5.56 Å². The zero-order valence-corrected chi connectivity index (χ0v) is 18.8. The standard InChI is InChI=1S/C25H19F4N5O2/c1-30-21-7-14-13(10-31-21)11-34(24(35)22(14)12-5-6-12)20-9-19(17(28)8-18(20)29)32-25(36)33-23-15(26)3-2-4-16(23)27/h2-4,7-12,30H,5-6H2,1H3,(H2,32,33,36). The van der Waals surface area contributed by atoms with E-state index in [9.17, 15) is 27.2 Å². The molecule has 0 bridgehead atoms. The van der Waals surface area contributed by atoms with Crippen LogP contribution in [0.2, 0.25) is 0 Å². The minimum atomic E-state index is -1.16. The van der Waals surface area contributed by atoms with Crippen molar-refractivity contribution in [2.45, 2.75) is 18.8 Å². The number of halogens is 4. The third kappa shape index (κ3) is 4.23. The number of anilines is 3. The number of nitrogens with zero attached hydrogens (tertiary/aromatic N) is 2. The van der Waals surface area contributed by atoms with Gasteiger partial charge in [0.1, 0.15) is 34.8 Å². The van der Waals surface area contributed by atoms with Gasteiger partial charge < -0.3 is 16.0 Å². The summed E-state index contributed by atoms with van der Waals surface area (Å²) in [4.78, 5) is 30.0. The van der Waals surface area contributed by atoms with Crippen molar-refractivity contribution in [1.82, 2.24) is 9.55 Å². The summed E-state index contributed by atoms with van der Waals surface area (Å²) in [7, 11) is 1.70. The Morgan fingerprint density at radius 1 is 1.00 bits per heavy atom. The number of nitrogens with one attached hydrogen (secondary N) is 3. The summed E-state index contributed by atoms with van der Waals surface area (Å²) in [5, 5.41) is 8.25. The summed E-state index contributed by atoms with van der Waals surface area (Å²) in [5.41, 5.74) is -1.52. The van der Waals surface area contributed by atoms with Gasteiger partial charge in [-0.15, -0.1) is 0 Å². The summed E-state index contributed by atoms with van der Waals surface area (Å²) in [6.45, 7) is 0. The van der Waals surface area contributed by atoms with Crippen LogP contribution < -0.4 is 21.5 Å². The first-order valence-corrected chi connectivity index (χ1v) is 11.0. The quantitative estimate of drug-likeness (QED) is 0.318. The molecule has 2 amide bonds. The Morgan fingerprint density at radius 2 is 1.72 bits per heavy atom. The lowest BCUT2D eigenvalue weighted by Gasteiger charge is -2.15. The first kappa shape index (κ1) is 23.3. The molecule has 5 rings (SSSR count). The molecule has 2 heterocycles. The number of hydrogen-bond donors (Lipinski definition) is 3. The van der Waals surface area contributed by atoms with Crippen molar-refractivity contribution in [3.63, 3.8) is 0 Å². The van der Waals surface area contributed by atoms with Crippen molar-refractivity contribution >= 4 is 34.0 Å². The van der Waals surface area contributed by atoms with E-state index in [1.165, 1.54) is 6.20 Å². The third-order valence-corrected chi connectivity index (χ3v) is 5.93. The second kappa shape index (κ2) is 8.99. The molecule has 1 fully saturated rings. The SMILES string of the molecule is CNc1cc2c(C3CC3)c(=O)n(-c3cc(NC(=O)Nc4c(F)cccc4F)c(F)cc3F)cc2cn1. The third-order valence-electron chi connectivity index (χ3n) is 5.93. The molecule has 0 aliphatic heterocycles. The first-order chi connectivity index (χ1) is 17.3. The maximum Gasteiger partial charge on any atom is 0.323 e. The fraction of sp³-hybridized carbons (Fsp3) is 0.160. The van der Waals surface area contributed by atoms with Crippen LogP contribution in [0.3, 0.4) is 0 Å². The van der Waals surface area contributed by atoms with Crippen molar-refractivity contribution in [2.24, 2.45) is 0 Å². The lowest BCUT2D eigenvalue weighted by atomic mass is 10.0. The molecule has 1 aliphatic carbocycles. The minimum Gasteiger partial charge on any atom is -0.373 e. The lowest BCUT2D eigenvalue weighted by molar-refractivity contribution is 0.261. The van der Waals surface area contributed by atoms with Crippen molar-refractivity contribution in [3.8, 4) is 5.69 Å². The summed E-state index contributed by atoms with van der Waals surface area (Å²) >= 11 is 0. The molecule has 1 saturated carbocycles. The molecule has 3 N–H and O–H groups in total. The van der Waals surface area contributed by atoms with Gasteiger partial charge in [0.15, 0.2) is 0 Å².